The van der Waals surface area contributed by atoms with Crippen molar-refractivity contribution in [3.8, 4) is 0 Å². The number of carbonyl (C=O) groups excluding carboxylic acids is 2. The zero-order valence-corrected chi connectivity index (χ0v) is 11.4. The SMILES string of the molecule is CN1C(=O)C2(NC(=O)C3CCCCN32)c2ccccc21. The van der Waals surface area contributed by atoms with Gasteiger partial charge in [0.15, 0.2) is 0 Å². The normalized spacial score (nSPS) is 32.5. The van der Waals surface area contributed by atoms with E-state index in [0.717, 1.165) is 37.1 Å². The van der Waals surface area contributed by atoms with Crippen LogP contribution in [0.5, 0.6) is 0 Å². The minimum absolute atomic E-state index is 0.0110. The van der Waals surface area contributed by atoms with Crippen molar-refractivity contribution in [1.82, 2.24) is 10.2 Å². The number of likely N-dealkylation sites (N-methyl/N-ethyl adjacent to an activating group) is 1. The van der Waals surface area contributed by atoms with Crippen molar-refractivity contribution in [2.24, 2.45) is 0 Å². The fourth-order valence-corrected chi connectivity index (χ4v) is 3.88. The van der Waals surface area contributed by atoms with Crippen LogP contribution >= 0.6 is 0 Å². The summed E-state index contributed by atoms with van der Waals surface area (Å²) in [5.41, 5.74) is 0.835. The third-order valence-electron chi connectivity index (χ3n) is 4.81. The first kappa shape index (κ1) is 11.9. The Labute approximate surface area is 117 Å². The lowest BCUT2D eigenvalue weighted by atomic mass is 9.96. The molecule has 1 aromatic rings. The molecule has 1 aromatic carbocycles. The molecule has 1 N–H and O–H groups in total. The number of carbonyl (C=O) groups is 2. The van der Waals surface area contributed by atoms with Gasteiger partial charge in [0.1, 0.15) is 0 Å². The minimum atomic E-state index is -0.965. The quantitative estimate of drug-likeness (QED) is 0.759. The van der Waals surface area contributed by atoms with E-state index in [9.17, 15) is 9.59 Å². The van der Waals surface area contributed by atoms with Gasteiger partial charge in [0.05, 0.1) is 11.7 Å². The third kappa shape index (κ3) is 1.21. The van der Waals surface area contributed by atoms with Crippen molar-refractivity contribution < 1.29 is 9.59 Å². The van der Waals surface area contributed by atoms with Crippen molar-refractivity contribution >= 4 is 17.5 Å². The van der Waals surface area contributed by atoms with Crippen molar-refractivity contribution in [3.63, 3.8) is 0 Å². The summed E-state index contributed by atoms with van der Waals surface area (Å²) < 4.78 is 0. The van der Waals surface area contributed by atoms with E-state index in [2.05, 4.69) is 10.2 Å². The maximum Gasteiger partial charge on any atom is 0.272 e. The van der Waals surface area contributed by atoms with E-state index in [1.807, 2.05) is 24.3 Å². The lowest BCUT2D eigenvalue weighted by Crippen LogP contribution is -2.57. The Bertz CT molecular complexity index is 615. The summed E-state index contributed by atoms with van der Waals surface area (Å²) in [5.74, 6) is -0.0559. The number of amides is 2. The molecular formula is C15H17N3O2. The molecule has 2 saturated heterocycles. The highest BCUT2D eigenvalue weighted by Gasteiger charge is 2.62. The Morgan fingerprint density at radius 2 is 2.05 bits per heavy atom. The molecule has 0 radical (unpaired) electrons. The monoisotopic (exact) mass is 271 g/mol. The second kappa shape index (κ2) is 3.82. The first-order valence-electron chi connectivity index (χ1n) is 7.12. The molecule has 104 valence electrons. The van der Waals surface area contributed by atoms with Gasteiger partial charge in [-0.1, -0.05) is 24.6 Å². The second-order valence-corrected chi connectivity index (χ2v) is 5.79. The molecule has 0 aromatic heterocycles. The average Bonchev–Trinajstić information content (AvgIpc) is 2.90. The standard InChI is InChI=1S/C15H17N3O2/c1-17-11-7-3-2-6-10(11)15(14(17)20)16-13(19)12-8-4-5-9-18(12)15/h2-3,6-7,12H,4-5,8-9H2,1H3,(H,16,19). The largest absolute Gasteiger partial charge is 0.325 e. The summed E-state index contributed by atoms with van der Waals surface area (Å²) in [6, 6.07) is 7.58. The predicted molar refractivity (Wildman–Crippen MR) is 74.0 cm³/mol. The number of rotatable bonds is 0. The van der Waals surface area contributed by atoms with Crippen molar-refractivity contribution in [3.05, 3.63) is 29.8 Å². The molecule has 3 aliphatic heterocycles. The fraction of sp³-hybridized carbons (Fsp3) is 0.467. The number of anilines is 1. The summed E-state index contributed by atoms with van der Waals surface area (Å²) in [7, 11) is 1.78. The molecule has 2 atom stereocenters. The zero-order chi connectivity index (χ0) is 13.9. The molecule has 1 spiro atoms. The van der Waals surface area contributed by atoms with E-state index in [1.54, 1.807) is 11.9 Å². The van der Waals surface area contributed by atoms with Gasteiger partial charge >= 0.3 is 0 Å². The predicted octanol–water partition coefficient (Wildman–Crippen LogP) is 0.800. The van der Waals surface area contributed by atoms with Crippen LogP contribution < -0.4 is 10.2 Å². The molecule has 2 amide bonds. The second-order valence-electron chi connectivity index (χ2n) is 5.79. The van der Waals surface area contributed by atoms with Crippen LogP contribution in [0.3, 0.4) is 0 Å². The Balaban J connectivity index is 1.92. The van der Waals surface area contributed by atoms with E-state index in [1.165, 1.54) is 0 Å². The van der Waals surface area contributed by atoms with Crippen LogP contribution in [0.2, 0.25) is 0 Å². The van der Waals surface area contributed by atoms with E-state index in [4.69, 9.17) is 0 Å². The average molecular weight is 271 g/mol. The van der Waals surface area contributed by atoms with Crippen LogP contribution in [0, 0.1) is 0 Å². The molecule has 0 bridgehead atoms. The van der Waals surface area contributed by atoms with Crippen molar-refractivity contribution in [1.29, 1.82) is 0 Å². The number of fused-ring (bicyclic) bond motifs is 4. The number of piperidine rings is 1. The highest BCUT2D eigenvalue weighted by molar-refractivity contribution is 6.10. The molecule has 2 unspecified atom stereocenters. The topological polar surface area (TPSA) is 52.7 Å². The van der Waals surface area contributed by atoms with Crippen molar-refractivity contribution in [2.45, 2.75) is 31.0 Å². The van der Waals surface area contributed by atoms with Crippen LogP contribution in [0.25, 0.3) is 0 Å². The molecular weight excluding hydrogens is 254 g/mol. The molecule has 3 aliphatic rings. The highest BCUT2D eigenvalue weighted by Crippen LogP contribution is 2.46. The molecule has 3 heterocycles. The molecule has 5 nitrogen and oxygen atoms in total. The maximum absolute atomic E-state index is 12.9. The Hall–Kier alpha value is -1.88. The first-order chi connectivity index (χ1) is 9.66. The van der Waals surface area contributed by atoms with Crippen LogP contribution in [0.15, 0.2) is 24.3 Å². The minimum Gasteiger partial charge on any atom is -0.325 e. The van der Waals surface area contributed by atoms with Gasteiger partial charge in [0, 0.05) is 19.2 Å². The first-order valence-corrected chi connectivity index (χ1v) is 7.12. The number of nitrogens with zero attached hydrogens (tertiary/aromatic N) is 2. The van der Waals surface area contributed by atoms with E-state index >= 15 is 0 Å². The molecule has 4 rings (SSSR count). The van der Waals surface area contributed by atoms with E-state index in [-0.39, 0.29) is 17.9 Å². The van der Waals surface area contributed by atoms with Gasteiger partial charge in [-0.05, 0) is 18.9 Å². The van der Waals surface area contributed by atoms with E-state index < -0.39 is 5.66 Å². The fourth-order valence-electron chi connectivity index (χ4n) is 3.88. The summed E-state index contributed by atoms with van der Waals surface area (Å²) in [6.07, 6.45) is 2.93. The van der Waals surface area contributed by atoms with Gasteiger partial charge in [-0.15, -0.1) is 0 Å². The number of hydrogen-bond donors (Lipinski definition) is 1. The smallest absolute Gasteiger partial charge is 0.272 e. The number of hydrogen-bond acceptors (Lipinski definition) is 3. The van der Waals surface area contributed by atoms with Gasteiger partial charge in [0.25, 0.3) is 5.91 Å². The van der Waals surface area contributed by atoms with Crippen LogP contribution in [0.1, 0.15) is 24.8 Å². The number of benzene rings is 1. The number of para-hydroxylation sites is 1. The van der Waals surface area contributed by atoms with Crippen LogP contribution in [-0.2, 0) is 15.3 Å². The molecule has 0 aliphatic carbocycles. The van der Waals surface area contributed by atoms with Crippen molar-refractivity contribution in [2.75, 3.05) is 18.5 Å². The third-order valence-corrected chi connectivity index (χ3v) is 4.81. The van der Waals surface area contributed by atoms with Gasteiger partial charge in [-0.2, -0.15) is 0 Å². The summed E-state index contributed by atoms with van der Waals surface area (Å²) in [6.45, 7) is 0.789. The molecule has 2 fully saturated rings. The maximum atomic E-state index is 12.9. The Morgan fingerprint density at radius 3 is 2.90 bits per heavy atom. The molecule has 5 heteroatoms. The summed E-state index contributed by atoms with van der Waals surface area (Å²) in [5, 5.41) is 3.00. The summed E-state index contributed by atoms with van der Waals surface area (Å²) in [4.78, 5) is 28.9. The van der Waals surface area contributed by atoms with Gasteiger partial charge in [-0.25, -0.2) is 0 Å². The number of nitrogens with one attached hydrogen (secondary N) is 1. The zero-order valence-electron chi connectivity index (χ0n) is 11.4. The Kier molecular flexibility index (Phi) is 2.27. The van der Waals surface area contributed by atoms with E-state index in [0.29, 0.717) is 0 Å². The Morgan fingerprint density at radius 1 is 1.25 bits per heavy atom. The van der Waals surface area contributed by atoms with Gasteiger partial charge < -0.3 is 10.2 Å². The van der Waals surface area contributed by atoms with Gasteiger partial charge in [0.2, 0.25) is 11.6 Å². The van der Waals surface area contributed by atoms with Crippen LogP contribution in [-0.4, -0.2) is 36.3 Å². The highest BCUT2D eigenvalue weighted by atomic mass is 16.2. The lowest BCUT2D eigenvalue weighted by molar-refractivity contribution is -0.131. The van der Waals surface area contributed by atoms with Crippen LogP contribution in [0.4, 0.5) is 5.69 Å². The lowest BCUT2D eigenvalue weighted by Gasteiger charge is -2.37. The van der Waals surface area contributed by atoms with Gasteiger partial charge in [-0.3, -0.25) is 14.5 Å². The molecule has 0 saturated carbocycles. The molecule has 20 heavy (non-hydrogen) atoms. The summed E-state index contributed by atoms with van der Waals surface area (Å²) >= 11 is 0.